The molecule has 0 unspecified atom stereocenters. The van der Waals surface area contributed by atoms with E-state index in [0.717, 1.165) is 0 Å². The molecule has 0 saturated carbocycles. The topological polar surface area (TPSA) is 26.3 Å². The minimum absolute atomic E-state index is 0.375. The first-order valence-electron chi connectivity index (χ1n) is 4.30. The fraction of sp³-hybridized carbons (Fsp3) is 0.300. The normalized spacial score (nSPS) is 13.3. The molecule has 1 aromatic carbocycles. The predicted octanol–water partition coefficient (Wildman–Crippen LogP) is 4.31. The van der Waals surface area contributed by atoms with Gasteiger partial charge in [0.2, 0.25) is 3.79 Å². The van der Waals surface area contributed by atoms with E-state index in [4.69, 9.17) is 51.1 Å². The molecule has 0 N–H and O–H groups in total. The highest BCUT2D eigenvalue weighted by atomic mass is 35.6. The minimum Gasteiger partial charge on any atom is -0.453 e. The minimum atomic E-state index is -1.77. The van der Waals surface area contributed by atoms with Gasteiger partial charge in [0, 0.05) is 17.5 Å². The molecular formula is C10H8Cl4O2. The van der Waals surface area contributed by atoms with Crippen molar-refractivity contribution in [2.24, 2.45) is 0 Å². The Morgan fingerprint density at radius 3 is 2.31 bits per heavy atom. The van der Waals surface area contributed by atoms with Gasteiger partial charge in [-0.1, -0.05) is 64.6 Å². The second kappa shape index (κ2) is 5.46. The van der Waals surface area contributed by atoms with Crippen LogP contribution in [0.4, 0.5) is 0 Å². The van der Waals surface area contributed by atoms with Crippen molar-refractivity contribution in [3.8, 4) is 0 Å². The second-order valence-corrected chi connectivity index (χ2v) is 5.83. The lowest BCUT2D eigenvalue weighted by molar-refractivity contribution is -0.146. The van der Waals surface area contributed by atoms with E-state index in [0.29, 0.717) is 10.6 Å². The average molecular weight is 302 g/mol. The van der Waals surface area contributed by atoms with Gasteiger partial charge >= 0.3 is 5.97 Å². The van der Waals surface area contributed by atoms with Crippen LogP contribution >= 0.6 is 46.4 Å². The predicted molar refractivity (Wildman–Crippen MR) is 66.2 cm³/mol. The van der Waals surface area contributed by atoms with Gasteiger partial charge in [-0.2, -0.15) is 0 Å². The summed E-state index contributed by atoms with van der Waals surface area (Å²) in [6.45, 7) is 1.24. The van der Waals surface area contributed by atoms with E-state index in [-0.39, 0.29) is 0 Å². The molecule has 2 nitrogen and oxygen atoms in total. The zero-order valence-corrected chi connectivity index (χ0v) is 11.2. The Morgan fingerprint density at radius 2 is 1.88 bits per heavy atom. The zero-order valence-electron chi connectivity index (χ0n) is 8.22. The summed E-state index contributed by atoms with van der Waals surface area (Å²) in [5, 5.41) is 0.375. The molecule has 0 amide bonds. The zero-order chi connectivity index (χ0) is 12.3. The van der Waals surface area contributed by atoms with Gasteiger partial charge in [0.05, 0.1) is 0 Å². The number of halogens is 4. The number of carbonyl (C=O) groups excluding carboxylic acids is 1. The van der Waals surface area contributed by atoms with Crippen LogP contribution in [-0.4, -0.2) is 9.76 Å². The van der Waals surface area contributed by atoms with Gasteiger partial charge in [-0.05, 0) is 6.07 Å². The SMILES string of the molecule is CC(=O)O[C@@H](c1ccccc1Cl)C(Cl)(Cl)Cl. The van der Waals surface area contributed by atoms with Crippen molar-refractivity contribution in [2.45, 2.75) is 16.8 Å². The smallest absolute Gasteiger partial charge is 0.303 e. The van der Waals surface area contributed by atoms with Crippen LogP contribution in [0, 0.1) is 0 Å². The van der Waals surface area contributed by atoms with Gasteiger partial charge in [0.1, 0.15) is 0 Å². The Kier molecular flexibility index (Phi) is 4.74. The molecule has 0 aliphatic carbocycles. The van der Waals surface area contributed by atoms with E-state index in [1.54, 1.807) is 24.3 Å². The van der Waals surface area contributed by atoms with Gasteiger partial charge in [-0.15, -0.1) is 0 Å². The fourth-order valence-electron chi connectivity index (χ4n) is 1.16. The van der Waals surface area contributed by atoms with E-state index in [9.17, 15) is 4.79 Å². The van der Waals surface area contributed by atoms with Crippen LogP contribution in [-0.2, 0) is 9.53 Å². The van der Waals surface area contributed by atoms with E-state index < -0.39 is 15.9 Å². The number of carbonyl (C=O) groups is 1. The molecule has 16 heavy (non-hydrogen) atoms. The number of hydrogen-bond donors (Lipinski definition) is 0. The van der Waals surface area contributed by atoms with Crippen molar-refractivity contribution in [2.75, 3.05) is 0 Å². The summed E-state index contributed by atoms with van der Waals surface area (Å²) in [5.41, 5.74) is 0.458. The first kappa shape index (κ1) is 13.9. The van der Waals surface area contributed by atoms with Crippen molar-refractivity contribution in [1.82, 2.24) is 0 Å². The average Bonchev–Trinajstić information content (AvgIpc) is 2.13. The fourth-order valence-corrected chi connectivity index (χ4v) is 1.88. The van der Waals surface area contributed by atoms with Crippen LogP contribution in [0.1, 0.15) is 18.6 Å². The van der Waals surface area contributed by atoms with Crippen molar-refractivity contribution < 1.29 is 9.53 Å². The van der Waals surface area contributed by atoms with E-state index >= 15 is 0 Å². The highest BCUT2D eigenvalue weighted by molar-refractivity contribution is 6.68. The molecule has 0 radical (unpaired) electrons. The maximum absolute atomic E-state index is 10.9. The number of rotatable bonds is 2. The first-order valence-corrected chi connectivity index (χ1v) is 5.82. The maximum atomic E-state index is 10.9. The van der Waals surface area contributed by atoms with Gasteiger partial charge in [0.15, 0.2) is 6.10 Å². The lowest BCUT2D eigenvalue weighted by Crippen LogP contribution is -2.22. The molecule has 1 rings (SSSR count). The molecule has 0 bridgehead atoms. The highest BCUT2D eigenvalue weighted by Gasteiger charge is 2.37. The van der Waals surface area contributed by atoms with Gasteiger partial charge in [-0.25, -0.2) is 0 Å². The molecule has 88 valence electrons. The quantitative estimate of drug-likeness (QED) is 0.601. The summed E-state index contributed by atoms with van der Waals surface area (Å²) < 4.78 is 3.20. The molecule has 0 aliphatic rings. The summed E-state index contributed by atoms with van der Waals surface area (Å²) in [4.78, 5) is 10.9. The molecule has 0 heterocycles. The molecular weight excluding hydrogens is 294 g/mol. The van der Waals surface area contributed by atoms with Crippen molar-refractivity contribution in [3.05, 3.63) is 34.9 Å². The molecule has 1 atom stereocenters. The van der Waals surface area contributed by atoms with Crippen molar-refractivity contribution >= 4 is 52.4 Å². The van der Waals surface area contributed by atoms with Crippen LogP contribution in [0.2, 0.25) is 5.02 Å². The summed E-state index contributed by atoms with van der Waals surface area (Å²) in [6.07, 6.45) is -1.02. The van der Waals surface area contributed by atoms with Gasteiger partial charge in [-0.3, -0.25) is 4.79 Å². The van der Waals surface area contributed by atoms with Crippen LogP contribution in [0.25, 0.3) is 0 Å². The molecule has 0 aromatic heterocycles. The summed E-state index contributed by atoms with van der Waals surface area (Å²) >= 11 is 23.2. The molecule has 0 aliphatic heterocycles. The molecule has 6 heteroatoms. The monoisotopic (exact) mass is 300 g/mol. The Balaban J connectivity index is 3.12. The van der Waals surface area contributed by atoms with Crippen molar-refractivity contribution in [3.63, 3.8) is 0 Å². The van der Waals surface area contributed by atoms with Gasteiger partial charge < -0.3 is 4.74 Å². The molecule has 1 aromatic rings. The van der Waals surface area contributed by atoms with Crippen LogP contribution in [0.3, 0.4) is 0 Å². The largest absolute Gasteiger partial charge is 0.453 e. The number of hydrogen-bond acceptors (Lipinski definition) is 2. The number of alkyl halides is 3. The van der Waals surface area contributed by atoms with Crippen LogP contribution in [0.5, 0.6) is 0 Å². The Hall–Kier alpha value is -0.150. The van der Waals surface area contributed by atoms with Gasteiger partial charge in [0.25, 0.3) is 0 Å². The first-order chi connectivity index (χ1) is 7.32. The lowest BCUT2D eigenvalue weighted by Gasteiger charge is -2.24. The Bertz CT molecular complexity index is 387. The lowest BCUT2D eigenvalue weighted by atomic mass is 10.1. The number of esters is 1. The van der Waals surface area contributed by atoms with Crippen LogP contribution in [0.15, 0.2) is 24.3 Å². The highest BCUT2D eigenvalue weighted by Crippen LogP contribution is 2.44. The van der Waals surface area contributed by atoms with Crippen molar-refractivity contribution in [1.29, 1.82) is 0 Å². The summed E-state index contributed by atoms with van der Waals surface area (Å²) in [7, 11) is 0. The third-order valence-electron chi connectivity index (χ3n) is 1.77. The molecule has 0 saturated heterocycles. The number of ether oxygens (including phenoxy) is 1. The molecule has 0 spiro atoms. The molecule has 0 fully saturated rings. The van der Waals surface area contributed by atoms with E-state index in [2.05, 4.69) is 0 Å². The standard InChI is InChI=1S/C10H8Cl4O2/c1-6(15)16-9(10(12,13)14)7-4-2-3-5-8(7)11/h2-5,9H,1H3/t9-/m0/s1. The maximum Gasteiger partial charge on any atom is 0.303 e. The Morgan fingerprint density at radius 1 is 1.31 bits per heavy atom. The third-order valence-corrected chi connectivity index (χ3v) is 2.71. The Labute approximate surface area is 113 Å². The van der Waals surface area contributed by atoms with E-state index in [1.165, 1.54) is 6.92 Å². The van der Waals surface area contributed by atoms with Crippen LogP contribution < -0.4 is 0 Å². The second-order valence-electron chi connectivity index (χ2n) is 3.05. The summed E-state index contributed by atoms with van der Waals surface area (Å²) in [5.74, 6) is -0.545. The number of benzene rings is 1. The summed E-state index contributed by atoms with van der Waals surface area (Å²) in [6, 6.07) is 6.71. The third kappa shape index (κ3) is 3.70. The van der Waals surface area contributed by atoms with E-state index in [1.807, 2.05) is 0 Å².